The number of aromatic amines is 1. The summed E-state index contributed by atoms with van der Waals surface area (Å²) in [4.78, 5) is 0. The molecular formula is C21H16N4O3. The number of aromatic nitrogens is 2. The van der Waals surface area contributed by atoms with Gasteiger partial charge in [0.05, 0.1) is 17.2 Å². The summed E-state index contributed by atoms with van der Waals surface area (Å²) in [7, 11) is 0. The van der Waals surface area contributed by atoms with Crippen molar-refractivity contribution < 1.29 is 14.2 Å². The first kappa shape index (κ1) is 16.3. The molecule has 138 valence electrons. The molecule has 28 heavy (non-hydrogen) atoms. The summed E-state index contributed by atoms with van der Waals surface area (Å²) < 4.78 is 16.6. The van der Waals surface area contributed by atoms with E-state index in [1.54, 1.807) is 0 Å². The topological polar surface area (TPSA) is 106 Å². The van der Waals surface area contributed by atoms with E-state index >= 15 is 0 Å². The number of ether oxygens (including phenoxy) is 3. The summed E-state index contributed by atoms with van der Waals surface area (Å²) in [6, 6.07) is 15.9. The van der Waals surface area contributed by atoms with E-state index < -0.39 is 5.92 Å². The van der Waals surface area contributed by atoms with Crippen LogP contribution in [0.2, 0.25) is 0 Å². The van der Waals surface area contributed by atoms with Crippen LogP contribution >= 0.6 is 0 Å². The third kappa shape index (κ3) is 2.39. The summed E-state index contributed by atoms with van der Waals surface area (Å²) >= 11 is 0. The predicted molar refractivity (Wildman–Crippen MR) is 101 cm³/mol. The van der Waals surface area contributed by atoms with Gasteiger partial charge in [-0.15, -0.1) is 5.10 Å². The van der Waals surface area contributed by atoms with Crippen LogP contribution in [0, 0.1) is 18.3 Å². The Balaban J connectivity index is 1.71. The smallest absolute Gasteiger partial charge is 0.244 e. The Morgan fingerprint density at radius 2 is 1.93 bits per heavy atom. The minimum atomic E-state index is -0.432. The maximum Gasteiger partial charge on any atom is 0.244 e. The Kier molecular flexibility index (Phi) is 3.52. The molecule has 2 aromatic carbocycles. The Morgan fingerprint density at radius 1 is 1.14 bits per heavy atom. The zero-order valence-corrected chi connectivity index (χ0v) is 15.0. The Bertz CT molecular complexity index is 1160. The number of nitrogens with two attached hydrogens (primary N) is 1. The van der Waals surface area contributed by atoms with Gasteiger partial charge in [-0.3, -0.25) is 5.10 Å². The third-order valence-corrected chi connectivity index (χ3v) is 5.01. The number of hydrogen-bond acceptors (Lipinski definition) is 6. The number of hydrogen-bond donors (Lipinski definition) is 2. The van der Waals surface area contributed by atoms with Crippen LogP contribution in [-0.4, -0.2) is 17.0 Å². The first-order valence-corrected chi connectivity index (χ1v) is 8.78. The summed E-state index contributed by atoms with van der Waals surface area (Å²) in [6.07, 6.45) is 0. The van der Waals surface area contributed by atoms with E-state index in [4.69, 9.17) is 19.9 Å². The van der Waals surface area contributed by atoms with Crippen molar-refractivity contribution in [2.24, 2.45) is 5.73 Å². The lowest BCUT2D eigenvalue weighted by atomic mass is 9.83. The molecule has 2 aliphatic rings. The van der Waals surface area contributed by atoms with Crippen LogP contribution in [0.25, 0.3) is 11.3 Å². The van der Waals surface area contributed by atoms with Crippen LogP contribution in [0.5, 0.6) is 17.4 Å². The molecule has 0 amide bonds. The molecule has 1 atom stereocenters. The quantitative estimate of drug-likeness (QED) is 0.715. The number of aryl methyl sites for hydroxylation is 1. The number of fused-ring (bicyclic) bond motifs is 2. The number of nitrogens with zero attached hydrogens (tertiary/aromatic N) is 2. The van der Waals surface area contributed by atoms with Gasteiger partial charge in [0.25, 0.3) is 0 Å². The maximum atomic E-state index is 9.79. The molecule has 7 heteroatoms. The highest BCUT2D eigenvalue weighted by atomic mass is 16.7. The van der Waals surface area contributed by atoms with Gasteiger partial charge in [0, 0.05) is 5.56 Å². The van der Waals surface area contributed by atoms with Crippen molar-refractivity contribution >= 4 is 0 Å². The van der Waals surface area contributed by atoms with Crippen LogP contribution in [0.15, 0.2) is 53.9 Å². The van der Waals surface area contributed by atoms with Crippen LogP contribution in [-0.2, 0) is 0 Å². The highest BCUT2D eigenvalue weighted by Crippen LogP contribution is 2.47. The van der Waals surface area contributed by atoms with E-state index in [1.807, 2.05) is 49.4 Å². The lowest BCUT2D eigenvalue weighted by Crippen LogP contribution is -2.21. The second kappa shape index (κ2) is 6.06. The molecule has 0 saturated carbocycles. The summed E-state index contributed by atoms with van der Waals surface area (Å²) in [5.74, 6) is 1.31. The molecule has 3 heterocycles. The van der Waals surface area contributed by atoms with Crippen molar-refractivity contribution in [3.63, 3.8) is 0 Å². The molecule has 7 nitrogen and oxygen atoms in total. The van der Waals surface area contributed by atoms with Gasteiger partial charge in [0.15, 0.2) is 11.5 Å². The lowest BCUT2D eigenvalue weighted by molar-refractivity contribution is 0.174. The van der Waals surface area contributed by atoms with Gasteiger partial charge in [0.1, 0.15) is 11.6 Å². The van der Waals surface area contributed by atoms with Gasteiger partial charge < -0.3 is 19.9 Å². The van der Waals surface area contributed by atoms with Crippen LogP contribution in [0.4, 0.5) is 0 Å². The van der Waals surface area contributed by atoms with Crippen molar-refractivity contribution in [3.05, 3.63) is 70.6 Å². The fourth-order valence-corrected chi connectivity index (χ4v) is 3.61. The number of nitrogens with one attached hydrogen (secondary N) is 1. The Labute approximate surface area is 161 Å². The summed E-state index contributed by atoms with van der Waals surface area (Å²) in [5.41, 5.74) is 10.9. The van der Waals surface area contributed by atoms with Crippen LogP contribution in [0.3, 0.4) is 0 Å². The van der Waals surface area contributed by atoms with Crippen molar-refractivity contribution in [2.75, 3.05) is 6.79 Å². The predicted octanol–water partition coefficient (Wildman–Crippen LogP) is 3.33. The highest BCUT2D eigenvalue weighted by molar-refractivity contribution is 5.71. The number of benzene rings is 2. The van der Waals surface area contributed by atoms with Crippen molar-refractivity contribution in [1.29, 1.82) is 5.26 Å². The molecule has 1 aromatic heterocycles. The summed E-state index contributed by atoms with van der Waals surface area (Å²) in [6.45, 7) is 2.21. The number of nitriles is 1. The van der Waals surface area contributed by atoms with Gasteiger partial charge in [-0.1, -0.05) is 35.9 Å². The second-order valence-electron chi connectivity index (χ2n) is 6.72. The van der Waals surface area contributed by atoms with E-state index in [2.05, 4.69) is 16.3 Å². The molecule has 0 radical (unpaired) electrons. The highest BCUT2D eigenvalue weighted by Gasteiger charge is 2.36. The molecule has 5 rings (SSSR count). The molecular weight excluding hydrogens is 356 g/mol. The average molecular weight is 372 g/mol. The number of allylic oxidation sites excluding steroid dienone is 1. The largest absolute Gasteiger partial charge is 0.454 e. The third-order valence-electron chi connectivity index (χ3n) is 5.01. The second-order valence-corrected chi connectivity index (χ2v) is 6.72. The van der Waals surface area contributed by atoms with Gasteiger partial charge in [-0.25, -0.2) is 0 Å². The van der Waals surface area contributed by atoms with Gasteiger partial charge in [-0.2, -0.15) is 5.26 Å². The molecule has 0 aliphatic carbocycles. The zero-order chi connectivity index (χ0) is 19.3. The van der Waals surface area contributed by atoms with Crippen LogP contribution in [0.1, 0.15) is 22.6 Å². The molecule has 2 aliphatic heterocycles. The standard InChI is InChI=1S/C21H16N4O3/c1-11-2-4-12(5-3-11)19-18-17(13-6-7-15-16(8-13)27-10-26-15)14(9-22)20(23)28-21(18)25-24-19/h2-8,17H,10,23H2,1H3,(H,24,25)/t17-/m1/s1. The fraction of sp³-hybridized carbons (Fsp3) is 0.143. The molecule has 0 fully saturated rings. The van der Waals surface area contributed by atoms with E-state index in [-0.39, 0.29) is 12.7 Å². The van der Waals surface area contributed by atoms with Crippen molar-refractivity contribution in [2.45, 2.75) is 12.8 Å². The van der Waals surface area contributed by atoms with E-state index in [0.717, 1.165) is 27.9 Å². The molecule has 3 N–H and O–H groups in total. The monoisotopic (exact) mass is 372 g/mol. The lowest BCUT2D eigenvalue weighted by Gasteiger charge is -2.24. The minimum absolute atomic E-state index is 0.0552. The van der Waals surface area contributed by atoms with E-state index in [0.29, 0.717) is 23.0 Å². The van der Waals surface area contributed by atoms with Crippen molar-refractivity contribution in [1.82, 2.24) is 10.2 Å². The van der Waals surface area contributed by atoms with Gasteiger partial charge in [0.2, 0.25) is 18.6 Å². The number of rotatable bonds is 2. The minimum Gasteiger partial charge on any atom is -0.454 e. The SMILES string of the molecule is Cc1ccc(-c2[nH]nc3c2[C@H](c2ccc4c(c2)OCO4)C(C#N)=C(N)O3)cc1. The first-order valence-electron chi connectivity index (χ1n) is 8.78. The zero-order valence-electron chi connectivity index (χ0n) is 15.0. The fourth-order valence-electron chi connectivity index (χ4n) is 3.61. The Morgan fingerprint density at radius 3 is 2.71 bits per heavy atom. The molecule has 0 spiro atoms. The molecule has 0 unspecified atom stereocenters. The van der Waals surface area contributed by atoms with E-state index in [9.17, 15) is 5.26 Å². The molecule has 0 saturated heterocycles. The van der Waals surface area contributed by atoms with Crippen molar-refractivity contribution in [3.8, 4) is 34.7 Å². The van der Waals surface area contributed by atoms with Gasteiger partial charge >= 0.3 is 0 Å². The molecule has 0 bridgehead atoms. The number of H-pyrrole nitrogens is 1. The maximum absolute atomic E-state index is 9.79. The summed E-state index contributed by atoms with van der Waals surface area (Å²) in [5, 5.41) is 17.1. The van der Waals surface area contributed by atoms with Crippen LogP contribution < -0.4 is 19.9 Å². The Hall–Kier alpha value is -3.92. The normalized spacial score (nSPS) is 17.1. The average Bonchev–Trinajstić information content (AvgIpc) is 3.33. The van der Waals surface area contributed by atoms with Gasteiger partial charge in [-0.05, 0) is 24.6 Å². The first-order chi connectivity index (χ1) is 13.7. The van der Waals surface area contributed by atoms with E-state index in [1.165, 1.54) is 0 Å². The molecule has 3 aromatic rings.